The Kier molecular flexibility index (Phi) is 8.78. The molecule has 1 N–H and O–H groups in total. The predicted molar refractivity (Wildman–Crippen MR) is 173 cm³/mol. The predicted octanol–water partition coefficient (Wildman–Crippen LogP) is 4.78. The summed E-state index contributed by atoms with van der Waals surface area (Å²) >= 11 is 0. The molecule has 0 spiro atoms. The van der Waals surface area contributed by atoms with Crippen LogP contribution in [0, 0.1) is 13.8 Å². The second-order valence-electron chi connectivity index (χ2n) is 11.4. The van der Waals surface area contributed by atoms with Crippen molar-refractivity contribution in [3.8, 4) is 5.88 Å². The first-order chi connectivity index (χ1) is 22.2. The number of carbonyl (C=O) groups excluding carboxylic acids is 1. The third-order valence-corrected chi connectivity index (χ3v) is 10.4. The van der Waals surface area contributed by atoms with E-state index in [0.717, 1.165) is 38.9 Å². The van der Waals surface area contributed by atoms with Crippen LogP contribution in [0.4, 0.5) is 5.69 Å². The Morgan fingerprint density at radius 3 is 2.70 bits per heavy atom. The molecule has 2 atom stereocenters. The molecule has 0 radical (unpaired) electrons. The van der Waals surface area contributed by atoms with E-state index >= 15 is 0 Å². The summed E-state index contributed by atoms with van der Waals surface area (Å²) in [6.45, 7) is 8.96. The van der Waals surface area contributed by atoms with Gasteiger partial charge >= 0.3 is 0 Å². The minimum atomic E-state index is -3.89. The normalized spacial score (nSPS) is 16.7. The summed E-state index contributed by atoms with van der Waals surface area (Å²) in [7, 11) is -3.89. The van der Waals surface area contributed by atoms with Crippen LogP contribution in [0.3, 0.4) is 0 Å². The van der Waals surface area contributed by atoms with Crippen LogP contribution in [0.1, 0.15) is 60.4 Å². The van der Waals surface area contributed by atoms with Gasteiger partial charge in [-0.3, -0.25) is 4.79 Å². The van der Waals surface area contributed by atoms with Crippen LogP contribution in [0.5, 0.6) is 5.88 Å². The highest BCUT2D eigenvalue weighted by atomic mass is 32.2. The molecule has 6 rings (SSSR count). The molecule has 0 saturated heterocycles. The summed E-state index contributed by atoms with van der Waals surface area (Å²) in [5.74, 6) is -0.426. The van der Waals surface area contributed by atoms with E-state index in [2.05, 4.69) is 30.8 Å². The van der Waals surface area contributed by atoms with Crippen LogP contribution in [0.2, 0.25) is 0 Å². The quantitative estimate of drug-likeness (QED) is 0.241. The topological polar surface area (TPSA) is 145 Å². The smallest absolute Gasteiger partial charge is 0.248 e. The fourth-order valence-corrected chi connectivity index (χ4v) is 7.44. The fourth-order valence-electron chi connectivity index (χ4n) is 5.91. The average Bonchev–Trinajstić information content (AvgIpc) is 3.45. The monoisotopic (exact) mass is 640 g/mol. The maximum absolute atomic E-state index is 13.9. The summed E-state index contributed by atoms with van der Waals surface area (Å²) in [5, 5.41) is 19.3. The number of fused-ring (bicyclic) bond motifs is 2. The Hall–Kier alpha value is -4.75. The van der Waals surface area contributed by atoms with E-state index < -0.39 is 10.0 Å². The largest absolute Gasteiger partial charge is 0.472 e. The Labute approximate surface area is 267 Å². The van der Waals surface area contributed by atoms with Gasteiger partial charge in [0.1, 0.15) is 16.5 Å². The summed E-state index contributed by atoms with van der Waals surface area (Å²) in [4.78, 5) is 17.7. The molecule has 12 nitrogen and oxygen atoms in total. The lowest BCUT2D eigenvalue weighted by Gasteiger charge is -2.25. The van der Waals surface area contributed by atoms with E-state index in [0.29, 0.717) is 18.7 Å². The second-order valence-corrected chi connectivity index (χ2v) is 13.3. The van der Waals surface area contributed by atoms with Crippen LogP contribution in [0.25, 0.3) is 11.0 Å². The highest BCUT2D eigenvalue weighted by Crippen LogP contribution is 2.36. The van der Waals surface area contributed by atoms with Crippen LogP contribution in [-0.2, 0) is 27.9 Å². The molecule has 3 aromatic heterocycles. The number of hydrogen-bond acceptors (Lipinski definition) is 9. The van der Waals surface area contributed by atoms with Crippen molar-refractivity contribution in [1.82, 2.24) is 34.5 Å². The van der Waals surface area contributed by atoms with Crippen molar-refractivity contribution >= 4 is 32.7 Å². The number of benzene rings is 2. The van der Waals surface area contributed by atoms with Crippen molar-refractivity contribution in [3.05, 3.63) is 94.9 Å². The lowest BCUT2D eigenvalue weighted by atomic mass is 9.84. The fraction of sp³-hybridized carbons (Fsp3) is 0.333. The molecule has 0 unspecified atom stereocenters. The van der Waals surface area contributed by atoms with E-state index in [1.807, 2.05) is 62.7 Å². The number of anilines is 1. The molecule has 0 bridgehead atoms. The van der Waals surface area contributed by atoms with Gasteiger partial charge in [0, 0.05) is 31.6 Å². The van der Waals surface area contributed by atoms with Gasteiger partial charge in [0.25, 0.3) is 0 Å². The van der Waals surface area contributed by atoms with Crippen LogP contribution >= 0.6 is 0 Å². The minimum Gasteiger partial charge on any atom is -0.472 e. The summed E-state index contributed by atoms with van der Waals surface area (Å²) in [5.41, 5.74) is 6.79. The number of rotatable bonds is 9. The van der Waals surface area contributed by atoms with Crippen molar-refractivity contribution in [1.29, 1.82) is 0 Å². The molecule has 0 fully saturated rings. The number of carbonyl (C=O) groups is 1. The molecule has 5 aromatic rings. The van der Waals surface area contributed by atoms with Gasteiger partial charge in [0.05, 0.1) is 30.1 Å². The molecular weight excluding hydrogens is 604 g/mol. The number of nitrogens with zero attached hydrogens (tertiary/aromatic N) is 7. The standard InChI is InChI=1S/C33H36N8O4S/c1-5-26-20-40(46(43,44)30-8-7-14-34-33(30)45-26)19-24-16-23(10-9-21(24)3)28(17-31(42)37-25-13-15-35-36-18-25)27-11-12-29-32(22(27)4)38-39-41(29)6-2/h7-16,18,26,28H,5-6,17,19-20H2,1-4H3,(H,35,37,42)/t26-,28+/m1/s1. The van der Waals surface area contributed by atoms with Crippen LogP contribution in [0.15, 0.2) is 72.0 Å². The zero-order valence-electron chi connectivity index (χ0n) is 26.2. The van der Waals surface area contributed by atoms with E-state index in [1.165, 1.54) is 29.0 Å². The summed E-state index contributed by atoms with van der Waals surface area (Å²) < 4.78 is 37.1. The first-order valence-electron chi connectivity index (χ1n) is 15.3. The minimum absolute atomic E-state index is 0.0592. The van der Waals surface area contributed by atoms with E-state index in [4.69, 9.17) is 4.74 Å². The van der Waals surface area contributed by atoms with Crippen molar-refractivity contribution in [2.24, 2.45) is 0 Å². The van der Waals surface area contributed by atoms with E-state index in [-0.39, 0.29) is 48.2 Å². The number of sulfonamides is 1. The molecule has 0 saturated carbocycles. The molecule has 1 aliphatic rings. The van der Waals surface area contributed by atoms with Gasteiger partial charge in [-0.1, -0.05) is 36.4 Å². The number of amides is 1. The maximum Gasteiger partial charge on any atom is 0.248 e. The highest BCUT2D eigenvalue weighted by Gasteiger charge is 2.35. The number of ether oxygens (including phenoxy) is 1. The second kappa shape index (κ2) is 12.9. The first kappa shape index (κ1) is 31.2. The number of aromatic nitrogens is 6. The molecule has 2 aromatic carbocycles. The Morgan fingerprint density at radius 1 is 1.09 bits per heavy atom. The van der Waals surface area contributed by atoms with Gasteiger partial charge in [-0.25, -0.2) is 18.1 Å². The summed E-state index contributed by atoms with van der Waals surface area (Å²) in [6, 6.07) is 14.9. The summed E-state index contributed by atoms with van der Waals surface area (Å²) in [6.07, 6.45) is 4.96. The number of nitrogens with one attached hydrogen (secondary N) is 1. The van der Waals surface area contributed by atoms with E-state index in [1.54, 1.807) is 12.1 Å². The number of pyridine rings is 1. The highest BCUT2D eigenvalue weighted by molar-refractivity contribution is 7.89. The molecule has 4 heterocycles. The Morgan fingerprint density at radius 2 is 1.93 bits per heavy atom. The average molecular weight is 641 g/mol. The van der Waals surface area contributed by atoms with Gasteiger partial charge in [-0.2, -0.15) is 14.5 Å². The third kappa shape index (κ3) is 6.07. The van der Waals surface area contributed by atoms with Gasteiger partial charge < -0.3 is 10.1 Å². The molecule has 1 amide bonds. The number of hydrogen-bond donors (Lipinski definition) is 1. The van der Waals surface area contributed by atoms with Crippen LogP contribution < -0.4 is 10.1 Å². The van der Waals surface area contributed by atoms with Crippen molar-refractivity contribution in [2.75, 3.05) is 11.9 Å². The zero-order valence-corrected chi connectivity index (χ0v) is 27.0. The Balaban J connectivity index is 1.40. The lowest BCUT2D eigenvalue weighted by molar-refractivity contribution is -0.116. The van der Waals surface area contributed by atoms with Crippen molar-refractivity contribution < 1.29 is 17.9 Å². The van der Waals surface area contributed by atoms with Crippen LogP contribution in [-0.4, -0.2) is 61.5 Å². The molecule has 0 aliphatic carbocycles. The van der Waals surface area contributed by atoms with Gasteiger partial charge in [-0.15, -0.1) is 5.10 Å². The van der Waals surface area contributed by atoms with Crippen molar-refractivity contribution in [2.45, 2.75) is 70.5 Å². The molecule has 46 heavy (non-hydrogen) atoms. The lowest BCUT2D eigenvalue weighted by Crippen LogP contribution is -2.36. The van der Waals surface area contributed by atoms with Gasteiger partial charge in [-0.05, 0) is 79.3 Å². The molecule has 238 valence electrons. The van der Waals surface area contributed by atoms with E-state index in [9.17, 15) is 13.2 Å². The van der Waals surface area contributed by atoms with Crippen molar-refractivity contribution in [3.63, 3.8) is 0 Å². The molecule has 1 aliphatic heterocycles. The SMILES string of the molecule is CC[C@@H]1CN(Cc2cc([C@H](CC(=O)Nc3ccnnc3)c3ccc4c(nnn4CC)c3C)ccc2C)S(=O)(=O)c2cccnc2O1. The molecule has 13 heteroatoms. The maximum atomic E-state index is 13.9. The van der Waals surface area contributed by atoms with Gasteiger partial charge in [0.2, 0.25) is 21.8 Å². The van der Waals surface area contributed by atoms with Gasteiger partial charge in [0.15, 0.2) is 0 Å². The molecular formula is C33H36N8O4S. The zero-order chi connectivity index (χ0) is 32.4. The Bertz CT molecular complexity index is 2000. The first-order valence-corrected chi connectivity index (χ1v) is 16.7. The third-order valence-electron chi connectivity index (χ3n) is 8.53. The number of aryl methyl sites for hydroxylation is 3.